The molecule has 2 aromatic carbocycles. The van der Waals surface area contributed by atoms with Gasteiger partial charge in [-0.15, -0.1) is 0 Å². The summed E-state index contributed by atoms with van der Waals surface area (Å²) in [7, 11) is 4.66. The normalized spacial score (nSPS) is 14.9. The Morgan fingerprint density at radius 1 is 1.03 bits per heavy atom. The second-order valence-electron chi connectivity index (χ2n) is 6.88. The van der Waals surface area contributed by atoms with Crippen LogP contribution in [0.25, 0.3) is 5.70 Å². The maximum absolute atomic E-state index is 13.3. The first-order valence-electron chi connectivity index (χ1n) is 10.1. The lowest BCUT2D eigenvalue weighted by molar-refractivity contribution is -0.138. The number of benzene rings is 2. The minimum atomic E-state index is -0.683. The molecule has 1 N–H and O–H groups in total. The van der Waals surface area contributed by atoms with Gasteiger partial charge in [-0.25, -0.2) is 9.48 Å². The molecule has 0 amide bonds. The van der Waals surface area contributed by atoms with E-state index in [-0.39, 0.29) is 6.61 Å². The van der Waals surface area contributed by atoms with Crippen LogP contribution in [0.2, 0.25) is 0 Å². The van der Waals surface area contributed by atoms with E-state index in [1.54, 1.807) is 45.1 Å². The van der Waals surface area contributed by atoms with Crippen LogP contribution >= 0.6 is 0 Å². The lowest BCUT2D eigenvalue weighted by atomic mass is 9.92. The standard InChI is InChI=1S/C23H24N4O5/c1-5-32-22(28)19-20(14-9-7-6-8-10-14)26-23-24-13-25-27(23)21(19)15-11-17(30-3)18(31-4)12-16(15)29-2/h6-13,21H,5H2,1-4H3,(H,24,25,26)/t21-/m1/s1. The predicted molar refractivity (Wildman–Crippen MR) is 118 cm³/mol. The van der Waals surface area contributed by atoms with Crippen molar-refractivity contribution in [1.82, 2.24) is 14.8 Å². The fraction of sp³-hybridized carbons (Fsp3) is 0.261. The smallest absolute Gasteiger partial charge is 0.338 e. The molecule has 2 heterocycles. The monoisotopic (exact) mass is 436 g/mol. The van der Waals surface area contributed by atoms with Gasteiger partial charge in [0.2, 0.25) is 5.95 Å². The van der Waals surface area contributed by atoms with Gasteiger partial charge in [0.15, 0.2) is 11.5 Å². The third kappa shape index (κ3) is 3.62. The summed E-state index contributed by atoms with van der Waals surface area (Å²) in [5.41, 5.74) is 2.43. The van der Waals surface area contributed by atoms with Crippen molar-refractivity contribution < 1.29 is 23.7 Å². The highest BCUT2D eigenvalue weighted by molar-refractivity contribution is 6.02. The number of anilines is 1. The molecule has 0 fully saturated rings. The van der Waals surface area contributed by atoms with E-state index in [0.29, 0.717) is 40.0 Å². The Morgan fingerprint density at radius 2 is 1.72 bits per heavy atom. The number of fused-ring (bicyclic) bond motifs is 1. The summed E-state index contributed by atoms with van der Waals surface area (Å²) in [6, 6.07) is 12.4. The molecule has 9 heteroatoms. The van der Waals surface area contributed by atoms with Crippen LogP contribution < -0.4 is 19.5 Å². The van der Waals surface area contributed by atoms with Crippen LogP contribution in [0.5, 0.6) is 17.2 Å². The Bertz CT molecular complexity index is 1160. The van der Waals surface area contributed by atoms with Gasteiger partial charge >= 0.3 is 5.97 Å². The molecule has 1 atom stereocenters. The Balaban J connectivity index is 2.02. The largest absolute Gasteiger partial charge is 0.496 e. The number of aromatic nitrogens is 3. The minimum absolute atomic E-state index is 0.227. The van der Waals surface area contributed by atoms with Gasteiger partial charge in [-0.05, 0) is 18.6 Å². The number of carbonyl (C=O) groups is 1. The van der Waals surface area contributed by atoms with Gasteiger partial charge in [0.1, 0.15) is 18.1 Å². The molecule has 0 saturated carbocycles. The van der Waals surface area contributed by atoms with Crippen molar-refractivity contribution in [1.29, 1.82) is 0 Å². The van der Waals surface area contributed by atoms with Crippen molar-refractivity contribution >= 4 is 17.6 Å². The number of hydrogen-bond donors (Lipinski definition) is 1. The zero-order chi connectivity index (χ0) is 22.7. The van der Waals surface area contributed by atoms with Crippen LogP contribution in [0.4, 0.5) is 5.95 Å². The van der Waals surface area contributed by atoms with E-state index in [4.69, 9.17) is 18.9 Å². The maximum Gasteiger partial charge on any atom is 0.338 e. The summed E-state index contributed by atoms with van der Waals surface area (Å²) in [5.74, 6) is 1.52. The molecular weight excluding hydrogens is 412 g/mol. The van der Waals surface area contributed by atoms with E-state index >= 15 is 0 Å². The first-order valence-corrected chi connectivity index (χ1v) is 10.1. The molecule has 1 aromatic heterocycles. The molecule has 32 heavy (non-hydrogen) atoms. The third-order valence-electron chi connectivity index (χ3n) is 5.19. The van der Waals surface area contributed by atoms with Crippen LogP contribution in [-0.2, 0) is 9.53 Å². The first kappa shape index (κ1) is 21.2. The number of methoxy groups -OCH3 is 3. The quantitative estimate of drug-likeness (QED) is 0.564. The molecule has 1 aliphatic heterocycles. The highest BCUT2D eigenvalue weighted by Gasteiger charge is 2.38. The fourth-order valence-electron chi connectivity index (χ4n) is 3.78. The summed E-state index contributed by atoms with van der Waals surface area (Å²) in [5, 5.41) is 7.62. The highest BCUT2D eigenvalue weighted by Crippen LogP contribution is 2.45. The highest BCUT2D eigenvalue weighted by atomic mass is 16.5. The van der Waals surface area contributed by atoms with E-state index in [1.807, 2.05) is 30.3 Å². The topological polar surface area (TPSA) is 96.7 Å². The Hall–Kier alpha value is -4.01. The molecular formula is C23H24N4O5. The van der Waals surface area contributed by atoms with E-state index < -0.39 is 12.0 Å². The molecule has 4 rings (SSSR count). The third-order valence-corrected chi connectivity index (χ3v) is 5.19. The van der Waals surface area contributed by atoms with E-state index in [9.17, 15) is 4.79 Å². The second-order valence-corrected chi connectivity index (χ2v) is 6.88. The van der Waals surface area contributed by atoms with Crippen LogP contribution in [0.15, 0.2) is 54.4 Å². The van der Waals surface area contributed by atoms with Crippen LogP contribution in [-0.4, -0.2) is 48.7 Å². The number of esters is 1. The van der Waals surface area contributed by atoms with Gasteiger partial charge in [0.25, 0.3) is 0 Å². The molecule has 9 nitrogen and oxygen atoms in total. The molecule has 3 aromatic rings. The summed E-state index contributed by atoms with van der Waals surface area (Å²) >= 11 is 0. The van der Waals surface area contributed by atoms with Crippen LogP contribution in [0.1, 0.15) is 24.1 Å². The summed E-state index contributed by atoms with van der Waals surface area (Å²) in [4.78, 5) is 17.6. The average Bonchev–Trinajstić information content (AvgIpc) is 3.31. The number of carbonyl (C=O) groups excluding carboxylic acids is 1. The summed E-state index contributed by atoms with van der Waals surface area (Å²) < 4.78 is 23.7. The molecule has 0 radical (unpaired) electrons. The van der Waals surface area contributed by atoms with Gasteiger partial charge in [0.05, 0.1) is 39.2 Å². The molecule has 0 unspecified atom stereocenters. The average molecular weight is 436 g/mol. The molecule has 1 aliphatic rings. The number of nitrogens with zero attached hydrogens (tertiary/aromatic N) is 3. The van der Waals surface area contributed by atoms with Gasteiger partial charge in [-0.2, -0.15) is 10.1 Å². The van der Waals surface area contributed by atoms with Crippen molar-refractivity contribution in [2.75, 3.05) is 33.3 Å². The SMILES string of the molecule is CCOC(=O)C1=C(c2ccccc2)Nc2ncnn2[C@@H]1c1cc(OC)c(OC)cc1OC. The Kier molecular flexibility index (Phi) is 5.98. The van der Waals surface area contributed by atoms with Gasteiger partial charge in [0, 0.05) is 11.6 Å². The zero-order valence-corrected chi connectivity index (χ0v) is 18.3. The molecule has 0 spiro atoms. The molecule has 0 aliphatic carbocycles. The molecule has 0 saturated heterocycles. The fourth-order valence-corrected chi connectivity index (χ4v) is 3.78. The molecule has 166 valence electrons. The predicted octanol–water partition coefficient (Wildman–Crippen LogP) is 3.29. The summed E-state index contributed by atoms with van der Waals surface area (Å²) in [6.45, 7) is 1.99. The van der Waals surface area contributed by atoms with Crippen molar-refractivity contribution in [2.45, 2.75) is 13.0 Å². The van der Waals surface area contributed by atoms with Crippen molar-refractivity contribution in [3.63, 3.8) is 0 Å². The lowest BCUT2D eigenvalue weighted by Gasteiger charge is -2.30. The first-order chi connectivity index (χ1) is 15.6. The second kappa shape index (κ2) is 9.01. The maximum atomic E-state index is 13.3. The van der Waals surface area contributed by atoms with Gasteiger partial charge < -0.3 is 24.3 Å². The zero-order valence-electron chi connectivity index (χ0n) is 18.3. The summed E-state index contributed by atoms with van der Waals surface area (Å²) in [6.07, 6.45) is 1.43. The number of rotatable bonds is 7. The lowest BCUT2D eigenvalue weighted by Crippen LogP contribution is -2.30. The van der Waals surface area contributed by atoms with Crippen molar-refractivity contribution in [2.24, 2.45) is 0 Å². The van der Waals surface area contributed by atoms with Crippen LogP contribution in [0, 0.1) is 0 Å². The number of ether oxygens (including phenoxy) is 4. The van der Waals surface area contributed by atoms with E-state index in [2.05, 4.69) is 15.4 Å². The number of hydrogen-bond acceptors (Lipinski definition) is 8. The van der Waals surface area contributed by atoms with E-state index in [1.165, 1.54) is 6.33 Å². The van der Waals surface area contributed by atoms with Crippen molar-refractivity contribution in [3.8, 4) is 17.2 Å². The molecule has 0 bridgehead atoms. The van der Waals surface area contributed by atoms with Crippen molar-refractivity contribution in [3.05, 3.63) is 65.5 Å². The van der Waals surface area contributed by atoms with Gasteiger partial charge in [-0.1, -0.05) is 30.3 Å². The van der Waals surface area contributed by atoms with Crippen LogP contribution in [0.3, 0.4) is 0 Å². The van der Waals surface area contributed by atoms with Gasteiger partial charge in [-0.3, -0.25) is 0 Å². The Morgan fingerprint density at radius 3 is 2.38 bits per heavy atom. The Labute approximate surface area is 185 Å². The minimum Gasteiger partial charge on any atom is -0.496 e. The number of nitrogens with one attached hydrogen (secondary N) is 1. The van der Waals surface area contributed by atoms with E-state index in [0.717, 1.165) is 5.56 Å².